The summed E-state index contributed by atoms with van der Waals surface area (Å²) in [4.78, 5) is 0. The average molecular weight is 291 g/mol. The molecule has 3 heteroatoms. The maximum atomic E-state index is 4.51. The Labute approximate surface area is 130 Å². The number of aromatic nitrogens is 2. The zero-order valence-corrected chi connectivity index (χ0v) is 14.3. The third-order valence-corrected chi connectivity index (χ3v) is 5.22. The number of nitrogens with one attached hydrogen (secondary N) is 1. The summed E-state index contributed by atoms with van der Waals surface area (Å²) < 4.78 is 2.07. The first-order valence-electron chi connectivity index (χ1n) is 8.88. The molecule has 120 valence electrons. The lowest BCUT2D eigenvalue weighted by molar-refractivity contribution is 0.190. The van der Waals surface area contributed by atoms with E-state index in [2.05, 4.69) is 55.2 Å². The number of aryl methyl sites for hydroxylation is 1. The molecule has 1 aromatic rings. The van der Waals surface area contributed by atoms with Gasteiger partial charge in [-0.05, 0) is 74.9 Å². The lowest BCUT2D eigenvalue weighted by Gasteiger charge is -2.37. The second kappa shape index (κ2) is 7.98. The number of rotatable bonds is 7. The molecule has 0 saturated heterocycles. The van der Waals surface area contributed by atoms with Crippen LogP contribution in [0.1, 0.15) is 64.9 Å². The van der Waals surface area contributed by atoms with Gasteiger partial charge in [-0.25, -0.2) is 0 Å². The van der Waals surface area contributed by atoms with Crippen LogP contribution in [0.3, 0.4) is 0 Å². The number of hydrogen-bond acceptors (Lipinski definition) is 2. The fourth-order valence-electron chi connectivity index (χ4n) is 3.73. The lowest BCUT2D eigenvalue weighted by Crippen LogP contribution is -2.33. The van der Waals surface area contributed by atoms with Crippen LogP contribution in [-0.2, 0) is 6.54 Å². The summed E-state index contributed by atoms with van der Waals surface area (Å²) in [5, 5.41) is 8.15. The number of hydrogen-bond donors (Lipinski definition) is 1. The molecule has 3 nitrogen and oxygen atoms in total. The van der Waals surface area contributed by atoms with Crippen molar-refractivity contribution in [1.29, 1.82) is 0 Å². The topological polar surface area (TPSA) is 29.9 Å². The van der Waals surface area contributed by atoms with Gasteiger partial charge < -0.3 is 5.32 Å². The molecule has 1 N–H and O–H groups in total. The molecule has 1 aromatic heterocycles. The molecule has 0 radical (unpaired) electrons. The van der Waals surface area contributed by atoms with Crippen molar-refractivity contribution in [3.05, 3.63) is 18.0 Å². The highest BCUT2D eigenvalue weighted by atomic mass is 15.3. The molecular formula is C18H33N3. The van der Waals surface area contributed by atoms with E-state index in [0.29, 0.717) is 5.92 Å². The number of nitrogens with zero attached hydrogens (tertiary/aromatic N) is 2. The standard InChI is InChI=1S/C18H33N3/c1-5-9-19-11-16-8-7-15(14(3)4)10-18(16)17-12-20-21(6-2)13-17/h12-16,18-19H,5-11H2,1-4H3. The Morgan fingerprint density at radius 3 is 2.76 bits per heavy atom. The maximum Gasteiger partial charge on any atom is 0.0524 e. The molecule has 21 heavy (non-hydrogen) atoms. The molecule has 3 unspecified atom stereocenters. The van der Waals surface area contributed by atoms with Crippen molar-refractivity contribution in [3.63, 3.8) is 0 Å². The van der Waals surface area contributed by atoms with Crippen molar-refractivity contribution in [2.45, 2.75) is 65.8 Å². The van der Waals surface area contributed by atoms with Crippen LogP contribution in [0, 0.1) is 17.8 Å². The quantitative estimate of drug-likeness (QED) is 0.768. The monoisotopic (exact) mass is 291 g/mol. The predicted octanol–water partition coefficient (Wildman–Crippen LogP) is 4.06. The van der Waals surface area contributed by atoms with Gasteiger partial charge in [-0.3, -0.25) is 4.68 Å². The van der Waals surface area contributed by atoms with Crippen molar-refractivity contribution < 1.29 is 0 Å². The minimum Gasteiger partial charge on any atom is -0.316 e. The zero-order valence-electron chi connectivity index (χ0n) is 14.3. The van der Waals surface area contributed by atoms with E-state index >= 15 is 0 Å². The first kappa shape index (κ1) is 16.5. The van der Waals surface area contributed by atoms with Gasteiger partial charge in [0.1, 0.15) is 0 Å². The molecule has 0 spiro atoms. The van der Waals surface area contributed by atoms with Gasteiger partial charge in [-0.2, -0.15) is 5.10 Å². The summed E-state index contributed by atoms with van der Waals surface area (Å²) in [6.45, 7) is 12.4. The molecule has 1 saturated carbocycles. The average Bonchev–Trinajstić information content (AvgIpc) is 2.96. The van der Waals surface area contributed by atoms with E-state index in [1.165, 1.54) is 37.8 Å². The van der Waals surface area contributed by atoms with Crippen LogP contribution in [0.5, 0.6) is 0 Å². The third-order valence-electron chi connectivity index (χ3n) is 5.22. The first-order valence-corrected chi connectivity index (χ1v) is 8.88. The molecule has 2 rings (SSSR count). The van der Waals surface area contributed by atoms with E-state index in [9.17, 15) is 0 Å². The van der Waals surface area contributed by atoms with Crippen LogP contribution in [0.15, 0.2) is 12.4 Å². The van der Waals surface area contributed by atoms with Gasteiger partial charge in [-0.1, -0.05) is 20.8 Å². The second-order valence-corrected chi connectivity index (χ2v) is 7.02. The van der Waals surface area contributed by atoms with E-state index in [-0.39, 0.29) is 0 Å². The lowest BCUT2D eigenvalue weighted by atomic mass is 9.68. The Bertz CT molecular complexity index is 410. The predicted molar refractivity (Wildman–Crippen MR) is 89.5 cm³/mol. The van der Waals surface area contributed by atoms with Crippen molar-refractivity contribution in [1.82, 2.24) is 15.1 Å². The fourth-order valence-corrected chi connectivity index (χ4v) is 3.73. The summed E-state index contributed by atoms with van der Waals surface area (Å²) in [7, 11) is 0. The van der Waals surface area contributed by atoms with Gasteiger partial charge in [0, 0.05) is 12.7 Å². The molecule has 1 heterocycles. The third kappa shape index (κ3) is 4.32. The Morgan fingerprint density at radius 1 is 1.33 bits per heavy atom. The normalized spacial score (nSPS) is 26.4. The van der Waals surface area contributed by atoms with Crippen molar-refractivity contribution in [3.8, 4) is 0 Å². The maximum absolute atomic E-state index is 4.51. The van der Waals surface area contributed by atoms with E-state index < -0.39 is 0 Å². The first-order chi connectivity index (χ1) is 10.2. The van der Waals surface area contributed by atoms with E-state index in [1.807, 2.05) is 0 Å². The largest absolute Gasteiger partial charge is 0.316 e. The van der Waals surface area contributed by atoms with Crippen molar-refractivity contribution in [2.75, 3.05) is 13.1 Å². The molecule has 3 atom stereocenters. The molecule has 1 fully saturated rings. The summed E-state index contributed by atoms with van der Waals surface area (Å²) >= 11 is 0. The minimum atomic E-state index is 0.691. The van der Waals surface area contributed by atoms with Crippen LogP contribution in [0.2, 0.25) is 0 Å². The van der Waals surface area contributed by atoms with Crippen molar-refractivity contribution in [2.24, 2.45) is 17.8 Å². The van der Waals surface area contributed by atoms with Gasteiger partial charge in [-0.15, -0.1) is 0 Å². The van der Waals surface area contributed by atoms with Crippen LogP contribution in [0.25, 0.3) is 0 Å². The summed E-state index contributed by atoms with van der Waals surface area (Å²) in [5.41, 5.74) is 1.46. The molecule has 1 aliphatic carbocycles. The van der Waals surface area contributed by atoms with Crippen LogP contribution < -0.4 is 5.32 Å². The highest BCUT2D eigenvalue weighted by Crippen LogP contribution is 2.42. The summed E-state index contributed by atoms with van der Waals surface area (Å²) in [5.74, 6) is 3.15. The smallest absolute Gasteiger partial charge is 0.0524 e. The van der Waals surface area contributed by atoms with Crippen LogP contribution >= 0.6 is 0 Å². The molecule has 0 aliphatic heterocycles. The highest BCUT2D eigenvalue weighted by molar-refractivity contribution is 5.14. The van der Waals surface area contributed by atoms with E-state index in [4.69, 9.17) is 0 Å². The van der Waals surface area contributed by atoms with Crippen molar-refractivity contribution >= 4 is 0 Å². The Kier molecular flexibility index (Phi) is 6.28. The van der Waals surface area contributed by atoms with E-state index in [0.717, 1.165) is 30.8 Å². The van der Waals surface area contributed by atoms with E-state index in [1.54, 1.807) is 0 Å². The van der Waals surface area contributed by atoms with Crippen LogP contribution in [0.4, 0.5) is 0 Å². The molecule has 0 aromatic carbocycles. The Balaban J connectivity index is 2.07. The SMILES string of the molecule is CCCNCC1CCC(C(C)C)CC1c1cnn(CC)c1. The fraction of sp³-hybridized carbons (Fsp3) is 0.833. The second-order valence-electron chi connectivity index (χ2n) is 7.02. The minimum absolute atomic E-state index is 0.691. The zero-order chi connectivity index (χ0) is 15.2. The summed E-state index contributed by atoms with van der Waals surface area (Å²) in [6, 6.07) is 0. The van der Waals surface area contributed by atoms with Gasteiger partial charge in [0.05, 0.1) is 6.20 Å². The Hall–Kier alpha value is -0.830. The van der Waals surface area contributed by atoms with Gasteiger partial charge in [0.2, 0.25) is 0 Å². The molecular weight excluding hydrogens is 258 g/mol. The Morgan fingerprint density at radius 2 is 2.14 bits per heavy atom. The summed E-state index contributed by atoms with van der Waals surface area (Å²) in [6.07, 6.45) is 9.71. The highest BCUT2D eigenvalue weighted by Gasteiger charge is 2.33. The van der Waals surface area contributed by atoms with Gasteiger partial charge in [0.25, 0.3) is 0 Å². The van der Waals surface area contributed by atoms with Crippen LogP contribution in [-0.4, -0.2) is 22.9 Å². The van der Waals surface area contributed by atoms with Gasteiger partial charge in [0.15, 0.2) is 0 Å². The van der Waals surface area contributed by atoms with Gasteiger partial charge >= 0.3 is 0 Å². The molecule has 0 amide bonds. The molecule has 0 bridgehead atoms. The molecule has 1 aliphatic rings.